The van der Waals surface area contributed by atoms with Gasteiger partial charge < -0.3 is 10.6 Å². The molecule has 0 radical (unpaired) electrons. The molecule has 0 saturated heterocycles. The Morgan fingerprint density at radius 3 is 2.70 bits per heavy atom. The summed E-state index contributed by atoms with van der Waals surface area (Å²) in [7, 11) is 0. The third kappa shape index (κ3) is 3.61. The van der Waals surface area contributed by atoms with E-state index in [1.165, 1.54) is 22.1 Å². The largest absolute Gasteiger partial charge is 0.328 e. The first-order chi connectivity index (χ1) is 13.1. The highest BCUT2D eigenvalue weighted by Gasteiger charge is 2.19. The molecule has 0 unspecified atom stereocenters. The molecule has 138 valence electrons. The van der Waals surface area contributed by atoms with Crippen LogP contribution in [0.2, 0.25) is 5.02 Å². The third-order valence-corrected chi connectivity index (χ3v) is 4.79. The van der Waals surface area contributed by atoms with Gasteiger partial charge in [-0.25, -0.2) is 19.7 Å². The van der Waals surface area contributed by atoms with Gasteiger partial charge in [0.1, 0.15) is 6.33 Å². The molecule has 1 aliphatic rings. The van der Waals surface area contributed by atoms with Crippen LogP contribution >= 0.6 is 11.6 Å². The molecule has 4 rings (SSSR count). The van der Waals surface area contributed by atoms with Crippen LogP contribution in [0.5, 0.6) is 0 Å². The Labute approximate surface area is 161 Å². The summed E-state index contributed by atoms with van der Waals surface area (Å²) >= 11 is 6.31. The number of amides is 2. The average Bonchev–Trinajstić information content (AvgIpc) is 3.31. The Balaban J connectivity index is 1.47. The van der Waals surface area contributed by atoms with Gasteiger partial charge in [-0.1, -0.05) is 11.6 Å². The molecule has 1 aromatic carbocycles. The van der Waals surface area contributed by atoms with Gasteiger partial charge in [-0.15, -0.1) is 0 Å². The first-order valence-corrected chi connectivity index (χ1v) is 9.06. The highest BCUT2D eigenvalue weighted by atomic mass is 35.5. The van der Waals surface area contributed by atoms with Crippen molar-refractivity contribution in [2.45, 2.75) is 32.2 Å². The number of hydrogen-bond acceptors (Lipinski definition) is 5. The molecule has 2 aromatic heterocycles. The summed E-state index contributed by atoms with van der Waals surface area (Å²) in [5.74, 6) is 0.914. The van der Waals surface area contributed by atoms with Crippen molar-refractivity contribution in [1.82, 2.24) is 30.0 Å². The molecular formula is C18H18ClN7O. The SMILES string of the molecule is C[C@H](NC(=O)Nc1cc2c(cc1Cl)CCC2)c1ncnn1-c1ncccn1. The van der Waals surface area contributed by atoms with Crippen LogP contribution in [0.15, 0.2) is 36.9 Å². The number of rotatable bonds is 4. The highest BCUT2D eigenvalue weighted by molar-refractivity contribution is 6.33. The lowest BCUT2D eigenvalue weighted by Gasteiger charge is -2.15. The summed E-state index contributed by atoms with van der Waals surface area (Å²) in [5.41, 5.74) is 3.11. The number of nitrogens with one attached hydrogen (secondary N) is 2. The van der Waals surface area contributed by atoms with Gasteiger partial charge in [0.2, 0.25) is 0 Å². The lowest BCUT2D eigenvalue weighted by Crippen LogP contribution is -2.32. The van der Waals surface area contributed by atoms with Crippen molar-refractivity contribution in [3.63, 3.8) is 0 Å². The molecule has 2 amide bonds. The predicted molar refractivity (Wildman–Crippen MR) is 101 cm³/mol. The molecule has 0 saturated carbocycles. The zero-order valence-corrected chi connectivity index (χ0v) is 15.4. The van der Waals surface area contributed by atoms with Crippen LogP contribution in [-0.2, 0) is 12.8 Å². The molecule has 27 heavy (non-hydrogen) atoms. The summed E-state index contributed by atoms with van der Waals surface area (Å²) in [6.07, 6.45) is 7.81. The molecule has 3 aromatic rings. The Morgan fingerprint density at radius 1 is 1.19 bits per heavy atom. The molecule has 0 fully saturated rings. The number of fused-ring (bicyclic) bond motifs is 1. The molecule has 1 atom stereocenters. The van der Waals surface area contributed by atoms with E-state index < -0.39 is 6.04 Å². The fourth-order valence-electron chi connectivity index (χ4n) is 3.21. The maximum atomic E-state index is 12.4. The van der Waals surface area contributed by atoms with Gasteiger partial charge in [-0.05, 0) is 55.5 Å². The summed E-state index contributed by atoms with van der Waals surface area (Å²) in [6, 6.07) is 4.83. The van der Waals surface area contributed by atoms with E-state index in [2.05, 4.69) is 30.7 Å². The quantitative estimate of drug-likeness (QED) is 0.721. The van der Waals surface area contributed by atoms with Crippen molar-refractivity contribution in [3.8, 4) is 5.95 Å². The average molecular weight is 384 g/mol. The third-order valence-electron chi connectivity index (χ3n) is 4.48. The van der Waals surface area contributed by atoms with Gasteiger partial charge in [0.25, 0.3) is 5.95 Å². The minimum absolute atomic E-state index is 0.370. The minimum Gasteiger partial charge on any atom is -0.328 e. The van der Waals surface area contributed by atoms with Crippen LogP contribution in [-0.4, -0.2) is 30.8 Å². The first-order valence-electron chi connectivity index (χ1n) is 8.68. The minimum atomic E-state index is -0.412. The van der Waals surface area contributed by atoms with Crippen molar-refractivity contribution >= 4 is 23.3 Å². The lowest BCUT2D eigenvalue weighted by molar-refractivity contribution is 0.248. The van der Waals surface area contributed by atoms with Gasteiger partial charge in [0.05, 0.1) is 16.8 Å². The van der Waals surface area contributed by atoms with E-state index >= 15 is 0 Å². The van der Waals surface area contributed by atoms with Gasteiger partial charge >= 0.3 is 6.03 Å². The second kappa shape index (κ2) is 7.32. The summed E-state index contributed by atoms with van der Waals surface area (Å²) in [5, 5.41) is 10.4. The Kier molecular flexibility index (Phi) is 4.72. The first kappa shape index (κ1) is 17.4. The second-order valence-corrected chi connectivity index (χ2v) is 6.76. The normalized spacial score (nSPS) is 13.9. The number of carbonyl (C=O) groups excluding carboxylic acids is 1. The number of halogens is 1. The Bertz CT molecular complexity index is 973. The van der Waals surface area contributed by atoms with Crippen molar-refractivity contribution in [2.75, 3.05) is 5.32 Å². The Morgan fingerprint density at radius 2 is 1.93 bits per heavy atom. The molecule has 0 aliphatic heterocycles. The van der Waals surface area contributed by atoms with Gasteiger partial charge in [0.15, 0.2) is 5.82 Å². The monoisotopic (exact) mass is 383 g/mol. The number of aryl methyl sites for hydroxylation is 2. The smallest absolute Gasteiger partial charge is 0.319 e. The highest BCUT2D eigenvalue weighted by Crippen LogP contribution is 2.31. The topological polar surface area (TPSA) is 97.6 Å². The van der Waals surface area contributed by atoms with E-state index in [-0.39, 0.29) is 6.03 Å². The molecule has 9 heteroatoms. The van der Waals surface area contributed by atoms with Gasteiger partial charge in [-0.2, -0.15) is 9.78 Å². The van der Waals surface area contributed by atoms with E-state index in [1.807, 2.05) is 19.1 Å². The number of urea groups is 1. The van der Waals surface area contributed by atoms with E-state index in [1.54, 1.807) is 18.5 Å². The van der Waals surface area contributed by atoms with Crippen LogP contribution in [0.3, 0.4) is 0 Å². The van der Waals surface area contributed by atoms with Crippen molar-refractivity contribution in [2.24, 2.45) is 0 Å². The molecule has 0 spiro atoms. The van der Waals surface area contributed by atoms with Crippen molar-refractivity contribution in [1.29, 1.82) is 0 Å². The van der Waals surface area contributed by atoms with E-state index in [9.17, 15) is 4.79 Å². The van der Waals surface area contributed by atoms with Crippen molar-refractivity contribution < 1.29 is 4.79 Å². The van der Waals surface area contributed by atoms with Crippen LogP contribution < -0.4 is 10.6 Å². The number of carbonyl (C=O) groups is 1. The van der Waals surface area contributed by atoms with Crippen LogP contribution in [0.1, 0.15) is 36.3 Å². The second-order valence-electron chi connectivity index (χ2n) is 6.35. The maximum absolute atomic E-state index is 12.4. The van der Waals surface area contributed by atoms with E-state index in [0.29, 0.717) is 22.5 Å². The van der Waals surface area contributed by atoms with E-state index in [4.69, 9.17) is 11.6 Å². The fraction of sp³-hybridized carbons (Fsp3) is 0.278. The standard InChI is InChI=1S/C18H18ClN7O/c1-11(16-22-10-23-26(16)17-20-6-3-7-21-17)24-18(27)25-15-9-13-5-2-4-12(13)8-14(15)19/h3,6-11H,2,4-5H2,1H3,(H2,24,25,27)/t11-/m0/s1. The number of anilines is 1. The number of hydrogen-bond donors (Lipinski definition) is 2. The lowest BCUT2D eigenvalue weighted by atomic mass is 10.1. The molecule has 1 aliphatic carbocycles. The fourth-order valence-corrected chi connectivity index (χ4v) is 3.44. The van der Waals surface area contributed by atoms with Gasteiger partial charge in [-0.3, -0.25) is 0 Å². The Hall–Kier alpha value is -3.00. The summed E-state index contributed by atoms with van der Waals surface area (Å²) in [6.45, 7) is 1.81. The van der Waals surface area contributed by atoms with E-state index in [0.717, 1.165) is 19.3 Å². The number of aromatic nitrogens is 5. The maximum Gasteiger partial charge on any atom is 0.319 e. The van der Waals surface area contributed by atoms with Crippen LogP contribution in [0, 0.1) is 0 Å². The molecular weight excluding hydrogens is 366 g/mol. The summed E-state index contributed by atoms with van der Waals surface area (Å²) in [4.78, 5) is 25.0. The molecule has 0 bridgehead atoms. The predicted octanol–water partition coefficient (Wildman–Crippen LogP) is 3.08. The molecule has 2 N–H and O–H groups in total. The molecule has 8 nitrogen and oxygen atoms in total. The summed E-state index contributed by atoms with van der Waals surface area (Å²) < 4.78 is 1.49. The van der Waals surface area contributed by atoms with Crippen LogP contribution in [0.25, 0.3) is 5.95 Å². The van der Waals surface area contributed by atoms with Crippen LogP contribution in [0.4, 0.5) is 10.5 Å². The van der Waals surface area contributed by atoms with Gasteiger partial charge in [0, 0.05) is 12.4 Å². The zero-order chi connectivity index (χ0) is 18.8. The number of benzene rings is 1. The van der Waals surface area contributed by atoms with Crippen molar-refractivity contribution in [3.05, 3.63) is 58.9 Å². The number of nitrogens with zero attached hydrogens (tertiary/aromatic N) is 5. The zero-order valence-electron chi connectivity index (χ0n) is 14.7. The molecule has 2 heterocycles.